The number of benzene rings is 2. The minimum atomic E-state index is -0.159. The van der Waals surface area contributed by atoms with Gasteiger partial charge in [-0.15, -0.1) is 0 Å². The molecule has 96 valence electrons. The summed E-state index contributed by atoms with van der Waals surface area (Å²) in [6, 6.07) is 13.7. The average Bonchev–Trinajstić information content (AvgIpc) is 2.69. The molecule has 1 unspecified atom stereocenters. The highest BCUT2D eigenvalue weighted by atomic mass is 79.9. The van der Waals surface area contributed by atoms with Crippen LogP contribution in [0.15, 0.2) is 46.9 Å². The third kappa shape index (κ3) is 2.24. The molecular weight excluding hydrogens is 304 g/mol. The van der Waals surface area contributed by atoms with Crippen LogP contribution < -0.4 is 11.1 Å². The van der Waals surface area contributed by atoms with Crippen molar-refractivity contribution < 1.29 is 4.79 Å². The number of carbonyl (C=O) groups excluding carboxylic acids is 1. The van der Waals surface area contributed by atoms with Crippen molar-refractivity contribution in [3.8, 4) is 0 Å². The summed E-state index contributed by atoms with van der Waals surface area (Å²) in [5, 5.41) is 2.87. The maximum atomic E-state index is 12.1. The highest BCUT2D eigenvalue weighted by Gasteiger charge is 2.31. The summed E-state index contributed by atoms with van der Waals surface area (Å²) in [6.45, 7) is 0. The fourth-order valence-electron chi connectivity index (χ4n) is 2.48. The summed E-state index contributed by atoms with van der Waals surface area (Å²) in [4.78, 5) is 12.1. The molecule has 0 fully saturated rings. The van der Waals surface area contributed by atoms with Gasteiger partial charge in [-0.25, -0.2) is 0 Å². The van der Waals surface area contributed by atoms with E-state index in [4.69, 9.17) is 5.73 Å². The Labute approximate surface area is 119 Å². The number of hydrogen-bond donors (Lipinski definition) is 2. The highest BCUT2D eigenvalue weighted by molar-refractivity contribution is 9.10. The van der Waals surface area contributed by atoms with Gasteiger partial charge in [-0.3, -0.25) is 4.79 Å². The van der Waals surface area contributed by atoms with Crippen LogP contribution in [0.4, 0.5) is 11.4 Å². The zero-order valence-electron chi connectivity index (χ0n) is 10.2. The molecule has 1 amide bonds. The normalized spacial score (nSPS) is 17.1. The highest BCUT2D eigenvalue weighted by Crippen LogP contribution is 2.38. The smallest absolute Gasteiger partial charge is 0.232 e. The number of anilines is 2. The molecule has 3 N–H and O–H groups in total. The van der Waals surface area contributed by atoms with Gasteiger partial charge in [-0.2, -0.15) is 0 Å². The van der Waals surface area contributed by atoms with Gasteiger partial charge in [0.1, 0.15) is 0 Å². The Hall–Kier alpha value is -1.81. The van der Waals surface area contributed by atoms with Crippen molar-refractivity contribution in [1.82, 2.24) is 0 Å². The van der Waals surface area contributed by atoms with Gasteiger partial charge in [0.15, 0.2) is 0 Å². The minimum absolute atomic E-state index is 0.0212. The van der Waals surface area contributed by atoms with Gasteiger partial charge < -0.3 is 11.1 Å². The summed E-state index contributed by atoms with van der Waals surface area (Å²) >= 11 is 3.45. The van der Waals surface area contributed by atoms with Crippen LogP contribution >= 0.6 is 15.9 Å². The van der Waals surface area contributed by atoms with E-state index in [1.807, 2.05) is 36.4 Å². The summed E-state index contributed by atoms with van der Waals surface area (Å²) in [6.07, 6.45) is 0.682. The van der Waals surface area contributed by atoms with Gasteiger partial charge >= 0.3 is 0 Å². The van der Waals surface area contributed by atoms with E-state index in [1.165, 1.54) is 0 Å². The third-order valence-electron chi connectivity index (χ3n) is 3.40. The molecule has 1 heterocycles. The second-order valence-corrected chi connectivity index (χ2v) is 5.60. The van der Waals surface area contributed by atoms with Crippen LogP contribution in [0, 0.1) is 0 Å². The van der Waals surface area contributed by atoms with E-state index in [9.17, 15) is 4.79 Å². The van der Waals surface area contributed by atoms with E-state index in [1.54, 1.807) is 6.07 Å². The number of carbonyl (C=O) groups is 1. The van der Waals surface area contributed by atoms with Crippen LogP contribution in [0.25, 0.3) is 0 Å². The maximum Gasteiger partial charge on any atom is 0.232 e. The van der Waals surface area contributed by atoms with Gasteiger partial charge in [0.25, 0.3) is 0 Å². The Kier molecular flexibility index (Phi) is 3.03. The van der Waals surface area contributed by atoms with Gasteiger partial charge in [0.2, 0.25) is 5.91 Å². The quantitative estimate of drug-likeness (QED) is 0.835. The molecule has 0 saturated carbocycles. The fourth-order valence-corrected chi connectivity index (χ4v) is 2.92. The van der Waals surface area contributed by atoms with E-state index < -0.39 is 0 Å². The second-order valence-electron chi connectivity index (χ2n) is 4.69. The number of fused-ring (bicyclic) bond motifs is 1. The van der Waals surface area contributed by atoms with Crippen molar-refractivity contribution in [2.24, 2.45) is 0 Å². The molecule has 3 nitrogen and oxygen atoms in total. The molecule has 4 heteroatoms. The van der Waals surface area contributed by atoms with Crippen molar-refractivity contribution >= 4 is 33.2 Å². The molecular formula is C15H13BrN2O. The number of hydrogen-bond acceptors (Lipinski definition) is 2. The molecule has 2 aromatic carbocycles. The minimum Gasteiger partial charge on any atom is -0.397 e. The predicted octanol–water partition coefficient (Wildman–Crippen LogP) is 3.31. The van der Waals surface area contributed by atoms with Crippen LogP contribution in [-0.2, 0) is 11.2 Å². The number of nitrogens with one attached hydrogen (secondary N) is 1. The molecule has 1 aliphatic rings. The fraction of sp³-hybridized carbons (Fsp3) is 0.133. The lowest BCUT2D eigenvalue weighted by atomic mass is 9.93. The molecule has 0 aromatic heterocycles. The average molecular weight is 317 g/mol. The Morgan fingerprint density at radius 2 is 2.00 bits per heavy atom. The number of amides is 1. The molecule has 3 rings (SSSR count). The summed E-state index contributed by atoms with van der Waals surface area (Å²) in [7, 11) is 0. The number of nitrogen functional groups attached to an aromatic ring is 1. The van der Waals surface area contributed by atoms with Crippen LogP contribution in [0.2, 0.25) is 0 Å². The molecule has 0 radical (unpaired) electrons. The van der Waals surface area contributed by atoms with Crippen molar-refractivity contribution in [2.75, 3.05) is 11.1 Å². The molecule has 0 bridgehead atoms. The lowest BCUT2D eigenvalue weighted by Gasteiger charge is -2.09. The summed E-state index contributed by atoms with van der Waals surface area (Å²) in [5.41, 5.74) is 9.41. The molecule has 1 atom stereocenters. The first-order valence-corrected chi connectivity index (χ1v) is 6.88. The zero-order chi connectivity index (χ0) is 13.4. The van der Waals surface area contributed by atoms with Crippen LogP contribution in [0.5, 0.6) is 0 Å². The van der Waals surface area contributed by atoms with Gasteiger partial charge in [-0.05, 0) is 35.7 Å². The van der Waals surface area contributed by atoms with E-state index >= 15 is 0 Å². The van der Waals surface area contributed by atoms with E-state index in [0.717, 1.165) is 21.3 Å². The Balaban J connectivity index is 1.95. The van der Waals surface area contributed by atoms with E-state index in [-0.39, 0.29) is 11.8 Å². The standard InChI is InChI=1S/C15H13BrN2O/c16-10-4-1-3-9(7-10)8-12-11-5-2-6-13(17)14(11)18-15(12)19/h1-7,12H,8,17H2,(H,18,19). The first-order chi connectivity index (χ1) is 9.15. The molecule has 0 saturated heterocycles. The van der Waals surface area contributed by atoms with Gasteiger partial charge in [-0.1, -0.05) is 40.2 Å². The molecule has 19 heavy (non-hydrogen) atoms. The van der Waals surface area contributed by atoms with Crippen LogP contribution in [0.1, 0.15) is 17.0 Å². The third-order valence-corrected chi connectivity index (χ3v) is 3.89. The lowest BCUT2D eigenvalue weighted by Crippen LogP contribution is -2.14. The summed E-state index contributed by atoms with van der Waals surface area (Å²) in [5.74, 6) is -0.138. The molecule has 0 aliphatic carbocycles. The number of para-hydroxylation sites is 1. The first kappa shape index (κ1) is 12.2. The van der Waals surface area contributed by atoms with Crippen molar-refractivity contribution in [2.45, 2.75) is 12.3 Å². The second kappa shape index (κ2) is 4.70. The van der Waals surface area contributed by atoms with Crippen molar-refractivity contribution in [3.05, 3.63) is 58.1 Å². The maximum absolute atomic E-state index is 12.1. The topological polar surface area (TPSA) is 55.1 Å². The van der Waals surface area contributed by atoms with Crippen LogP contribution in [0.3, 0.4) is 0 Å². The molecule has 1 aliphatic heterocycles. The van der Waals surface area contributed by atoms with E-state index in [2.05, 4.69) is 21.2 Å². The largest absolute Gasteiger partial charge is 0.397 e. The molecule has 2 aromatic rings. The predicted molar refractivity (Wildman–Crippen MR) is 80.1 cm³/mol. The Morgan fingerprint density at radius 3 is 2.79 bits per heavy atom. The van der Waals surface area contributed by atoms with Crippen LogP contribution in [-0.4, -0.2) is 5.91 Å². The summed E-state index contributed by atoms with van der Waals surface area (Å²) < 4.78 is 1.02. The number of halogens is 1. The monoisotopic (exact) mass is 316 g/mol. The Morgan fingerprint density at radius 1 is 1.21 bits per heavy atom. The van der Waals surface area contributed by atoms with Crippen molar-refractivity contribution in [3.63, 3.8) is 0 Å². The Bertz CT molecular complexity index is 654. The number of nitrogens with two attached hydrogens (primary N) is 1. The van der Waals surface area contributed by atoms with Crippen molar-refractivity contribution in [1.29, 1.82) is 0 Å². The molecule has 0 spiro atoms. The zero-order valence-corrected chi connectivity index (χ0v) is 11.8. The van der Waals surface area contributed by atoms with Gasteiger partial charge in [0.05, 0.1) is 17.3 Å². The van der Waals surface area contributed by atoms with Gasteiger partial charge in [0, 0.05) is 4.47 Å². The first-order valence-electron chi connectivity index (χ1n) is 6.09. The van der Waals surface area contributed by atoms with E-state index in [0.29, 0.717) is 12.1 Å². The number of rotatable bonds is 2. The SMILES string of the molecule is Nc1cccc2c1NC(=O)C2Cc1cccc(Br)c1. The lowest BCUT2D eigenvalue weighted by molar-refractivity contribution is -0.117.